The smallest absolute Gasteiger partial charge is 0.00112 e. The Morgan fingerprint density at radius 1 is 0.385 bits per heavy atom. The third kappa shape index (κ3) is 1.52. The highest BCUT2D eigenvalue weighted by atomic mass is 14.2. The van der Waals surface area contributed by atoms with Crippen LogP contribution in [0.1, 0.15) is 22.3 Å². The molecule has 0 heterocycles. The molecule has 6 rings (SSSR count). The molecule has 0 unspecified atom stereocenters. The highest BCUT2D eigenvalue weighted by Gasteiger charge is 2.19. The van der Waals surface area contributed by atoms with Crippen molar-refractivity contribution in [1.29, 1.82) is 0 Å². The van der Waals surface area contributed by atoms with Gasteiger partial charge in [0.05, 0.1) is 0 Å². The first-order chi connectivity index (χ1) is 12.5. The van der Waals surface area contributed by atoms with Gasteiger partial charge < -0.3 is 0 Å². The predicted molar refractivity (Wildman–Crippen MR) is 115 cm³/mol. The van der Waals surface area contributed by atoms with Crippen LogP contribution < -0.4 is 0 Å². The average molecular weight is 332 g/mol. The molecule has 6 aromatic rings. The second-order valence-corrected chi connectivity index (χ2v) is 8.04. The van der Waals surface area contributed by atoms with Crippen molar-refractivity contribution in [1.82, 2.24) is 0 Å². The highest BCUT2D eigenvalue weighted by Crippen LogP contribution is 2.46. The van der Waals surface area contributed by atoms with Crippen LogP contribution in [-0.2, 0) is 0 Å². The molecule has 6 aromatic carbocycles. The fourth-order valence-electron chi connectivity index (χ4n) is 5.12. The zero-order valence-corrected chi connectivity index (χ0v) is 15.6. The van der Waals surface area contributed by atoms with Crippen molar-refractivity contribution in [2.24, 2.45) is 0 Å². The lowest BCUT2D eigenvalue weighted by Crippen LogP contribution is -1.94. The van der Waals surface area contributed by atoms with Crippen LogP contribution in [0.2, 0.25) is 0 Å². The molecule has 0 saturated carbocycles. The summed E-state index contributed by atoms with van der Waals surface area (Å²) >= 11 is 0. The molecule has 0 saturated heterocycles. The Bertz CT molecular complexity index is 1380. The maximum atomic E-state index is 2.44. The average Bonchev–Trinajstić information content (AvgIpc) is 2.63. The molecule has 26 heavy (non-hydrogen) atoms. The van der Waals surface area contributed by atoms with Crippen LogP contribution >= 0.6 is 0 Å². The first kappa shape index (κ1) is 14.3. The molecule has 0 amide bonds. The molecule has 124 valence electrons. The summed E-state index contributed by atoms with van der Waals surface area (Å²) in [5.74, 6) is 0. The first-order valence-corrected chi connectivity index (χ1v) is 9.38. The normalized spacial score (nSPS) is 12.6. The molecule has 0 bridgehead atoms. The van der Waals surface area contributed by atoms with Gasteiger partial charge in [-0.15, -0.1) is 0 Å². The number of rotatable bonds is 0. The van der Waals surface area contributed by atoms with E-state index < -0.39 is 0 Å². The van der Waals surface area contributed by atoms with Gasteiger partial charge in [0.2, 0.25) is 0 Å². The Balaban J connectivity index is 2.14. The summed E-state index contributed by atoms with van der Waals surface area (Å²) in [7, 11) is 0. The molecular weight excluding hydrogens is 312 g/mol. The molecule has 0 aromatic heterocycles. The van der Waals surface area contributed by atoms with Crippen LogP contribution in [0.3, 0.4) is 0 Å². The van der Waals surface area contributed by atoms with Crippen molar-refractivity contribution in [3.05, 3.63) is 70.8 Å². The van der Waals surface area contributed by atoms with Crippen molar-refractivity contribution in [3.63, 3.8) is 0 Å². The van der Waals surface area contributed by atoms with Crippen molar-refractivity contribution < 1.29 is 0 Å². The Morgan fingerprint density at radius 3 is 1.19 bits per heavy atom. The third-order valence-electron chi connectivity index (χ3n) is 6.45. The summed E-state index contributed by atoms with van der Waals surface area (Å²) in [6.45, 7) is 8.99. The third-order valence-corrected chi connectivity index (χ3v) is 6.45. The summed E-state index contributed by atoms with van der Waals surface area (Å²) in [6.07, 6.45) is 0. The lowest BCUT2D eigenvalue weighted by Gasteiger charge is -2.21. The van der Waals surface area contributed by atoms with E-state index in [0.29, 0.717) is 0 Å². The van der Waals surface area contributed by atoms with Gasteiger partial charge in [-0.25, -0.2) is 0 Å². The summed E-state index contributed by atoms with van der Waals surface area (Å²) < 4.78 is 0. The zero-order chi connectivity index (χ0) is 17.7. The van der Waals surface area contributed by atoms with Gasteiger partial charge in [0.25, 0.3) is 0 Å². The quantitative estimate of drug-likeness (QED) is 0.199. The molecular formula is C26H20. The standard InChI is InChI=1S/C26H20/c1-13-5-7-17-9-16(4)22-12-20-14(2)6-8-18-10-15(3)21-11-19(13)23(17)25(22)26(21)24(18)20/h5-12H,1-4H3. The van der Waals surface area contributed by atoms with E-state index in [4.69, 9.17) is 0 Å². The van der Waals surface area contributed by atoms with Crippen LogP contribution in [0.5, 0.6) is 0 Å². The molecule has 0 nitrogen and oxygen atoms in total. The van der Waals surface area contributed by atoms with Crippen molar-refractivity contribution in [3.8, 4) is 0 Å². The fourth-order valence-corrected chi connectivity index (χ4v) is 5.12. The van der Waals surface area contributed by atoms with Gasteiger partial charge in [0.1, 0.15) is 0 Å². The van der Waals surface area contributed by atoms with Crippen molar-refractivity contribution in [2.75, 3.05) is 0 Å². The fraction of sp³-hybridized carbons (Fsp3) is 0.154. The van der Waals surface area contributed by atoms with Gasteiger partial charge >= 0.3 is 0 Å². The van der Waals surface area contributed by atoms with E-state index in [1.54, 1.807) is 0 Å². The number of hydrogen-bond donors (Lipinski definition) is 0. The number of benzene rings is 6. The molecule has 0 radical (unpaired) electrons. The van der Waals surface area contributed by atoms with Gasteiger partial charge in [-0.2, -0.15) is 0 Å². The maximum absolute atomic E-state index is 2.44. The van der Waals surface area contributed by atoms with E-state index in [1.165, 1.54) is 76.1 Å². The Morgan fingerprint density at radius 2 is 0.769 bits per heavy atom. The predicted octanol–water partition coefficient (Wildman–Crippen LogP) is 7.56. The van der Waals surface area contributed by atoms with Crippen LogP contribution in [0.15, 0.2) is 48.5 Å². The SMILES string of the molecule is Cc1ccc2cc(C)c3cc4c(C)ccc5cc(C)c6cc1c2c3c6c54. The molecule has 0 heteroatoms. The number of aryl methyl sites for hydroxylation is 4. The molecule has 0 aliphatic heterocycles. The Labute approximate surface area is 152 Å². The van der Waals surface area contributed by atoms with Crippen molar-refractivity contribution in [2.45, 2.75) is 27.7 Å². The van der Waals surface area contributed by atoms with Gasteiger partial charge in [-0.1, -0.05) is 36.4 Å². The van der Waals surface area contributed by atoms with Gasteiger partial charge in [-0.3, -0.25) is 0 Å². The number of hydrogen-bond acceptors (Lipinski definition) is 0. The summed E-state index contributed by atoms with van der Waals surface area (Å²) in [6, 6.07) is 18.7. The Kier molecular flexibility index (Phi) is 2.45. The van der Waals surface area contributed by atoms with E-state index >= 15 is 0 Å². The van der Waals surface area contributed by atoms with Crippen LogP contribution in [-0.4, -0.2) is 0 Å². The molecule has 0 aliphatic carbocycles. The molecule has 0 atom stereocenters. The van der Waals surface area contributed by atoms with Crippen LogP contribution in [0.4, 0.5) is 0 Å². The van der Waals surface area contributed by atoms with E-state index in [2.05, 4.69) is 76.2 Å². The second-order valence-electron chi connectivity index (χ2n) is 8.04. The Hall–Kier alpha value is -2.86. The monoisotopic (exact) mass is 332 g/mol. The van der Waals surface area contributed by atoms with E-state index in [0.717, 1.165) is 0 Å². The van der Waals surface area contributed by atoms with Gasteiger partial charge in [0, 0.05) is 0 Å². The topological polar surface area (TPSA) is 0 Å². The van der Waals surface area contributed by atoms with E-state index in [-0.39, 0.29) is 0 Å². The largest absolute Gasteiger partial charge is 0.0581 e. The minimum absolute atomic E-state index is 1.36. The van der Waals surface area contributed by atoms with Crippen molar-refractivity contribution >= 4 is 53.9 Å². The van der Waals surface area contributed by atoms with E-state index in [1.807, 2.05) is 0 Å². The molecule has 0 N–H and O–H groups in total. The minimum atomic E-state index is 1.36. The molecule has 0 spiro atoms. The van der Waals surface area contributed by atoms with Gasteiger partial charge in [0.15, 0.2) is 0 Å². The first-order valence-electron chi connectivity index (χ1n) is 9.38. The molecule has 0 fully saturated rings. The van der Waals surface area contributed by atoms with Crippen LogP contribution in [0.25, 0.3) is 53.9 Å². The highest BCUT2D eigenvalue weighted by molar-refractivity contribution is 6.37. The summed E-state index contributed by atoms with van der Waals surface area (Å²) in [4.78, 5) is 0. The van der Waals surface area contributed by atoms with E-state index in [9.17, 15) is 0 Å². The lowest BCUT2D eigenvalue weighted by molar-refractivity contribution is 1.51. The summed E-state index contributed by atoms with van der Waals surface area (Å²) in [5.41, 5.74) is 5.48. The summed E-state index contributed by atoms with van der Waals surface area (Å²) in [5, 5.41) is 14.1. The maximum Gasteiger partial charge on any atom is -0.00112 e. The minimum Gasteiger partial charge on any atom is -0.0581 e. The second kappa shape index (κ2) is 4.45. The zero-order valence-electron chi connectivity index (χ0n) is 15.6. The van der Waals surface area contributed by atoms with Gasteiger partial charge in [-0.05, 0) is 116 Å². The lowest BCUT2D eigenvalue weighted by atomic mass is 9.82. The van der Waals surface area contributed by atoms with Crippen LogP contribution in [0, 0.1) is 27.7 Å². The molecule has 0 aliphatic rings.